The molecule has 2 amide bonds. The number of anilines is 1. The van der Waals surface area contributed by atoms with Crippen molar-refractivity contribution in [1.82, 2.24) is 14.3 Å². The molecular formula is C16H16N4O2S. The maximum atomic E-state index is 12.1. The van der Waals surface area contributed by atoms with Crippen LogP contribution < -0.4 is 5.32 Å². The summed E-state index contributed by atoms with van der Waals surface area (Å²) in [5.74, 6) is -0.263. The Morgan fingerprint density at radius 2 is 2.17 bits per heavy atom. The lowest BCUT2D eigenvalue weighted by Crippen LogP contribution is -2.22. The van der Waals surface area contributed by atoms with Crippen molar-refractivity contribution in [3.63, 3.8) is 0 Å². The second-order valence-electron chi connectivity index (χ2n) is 5.33. The molecule has 7 heteroatoms. The fourth-order valence-electron chi connectivity index (χ4n) is 2.22. The highest BCUT2D eigenvalue weighted by molar-refractivity contribution is 7.15. The summed E-state index contributed by atoms with van der Waals surface area (Å²) in [7, 11) is 3.38. The predicted octanol–water partition coefficient (Wildman–Crippen LogP) is 2.28. The van der Waals surface area contributed by atoms with Crippen molar-refractivity contribution in [2.45, 2.75) is 6.42 Å². The molecule has 0 saturated carbocycles. The minimum atomic E-state index is -0.162. The molecule has 0 radical (unpaired) electrons. The van der Waals surface area contributed by atoms with Crippen LogP contribution in [0.1, 0.15) is 16.1 Å². The third-order valence-corrected chi connectivity index (χ3v) is 4.06. The second-order valence-corrected chi connectivity index (χ2v) is 6.20. The van der Waals surface area contributed by atoms with E-state index in [1.807, 2.05) is 22.2 Å². The number of rotatable bonds is 4. The van der Waals surface area contributed by atoms with Crippen LogP contribution in [0.25, 0.3) is 4.96 Å². The average Bonchev–Trinajstić information content (AvgIpc) is 3.07. The van der Waals surface area contributed by atoms with E-state index in [1.165, 1.54) is 16.2 Å². The number of fused-ring (bicyclic) bond motifs is 1. The normalized spacial score (nSPS) is 10.7. The molecule has 0 atom stereocenters. The second kappa shape index (κ2) is 6.21. The van der Waals surface area contributed by atoms with Crippen molar-refractivity contribution >= 4 is 33.8 Å². The van der Waals surface area contributed by atoms with Crippen LogP contribution in [-0.4, -0.2) is 40.2 Å². The Morgan fingerprint density at radius 1 is 1.35 bits per heavy atom. The lowest BCUT2D eigenvalue weighted by molar-refractivity contribution is -0.115. The van der Waals surface area contributed by atoms with Crippen molar-refractivity contribution in [3.05, 3.63) is 53.3 Å². The average molecular weight is 328 g/mol. The van der Waals surface area contributed by atoms with Crippen LogP contribution in [0.2, 0.25) is 0 Å². The number of nitrogens with one attached hydrogen (secondary N) is 1. The maximum Gasteiger partial charge on any atom is 0.253 e. The monoisotopic (exact) mass is 328 g/mol. The number of carbonyl (C=O) groups excluding carboxylic acids is 2. The number of amides is 2. The van der Waals surface area contributed by atoms with Gasteiger partial charge in [-0.1, -0.05) is 6.07 Å². The largest absolute Gasteiger partial charge is 0.345 e. The van der Waals surface area contributed by atoms with Gasteiger partial charge in [-0.05, 0) is 18.2 Å². The Kier molecular flexibility index (Phi) is 4.12. The molecule has 1 aromatic carbocycles. The zero-order valence-electron chi connectivity index (χ0n) is 12.8. The molecular weight excluding hydrogens is 312 g/mol. The van der Waals surface area contributed by atoms with Crippen LogP contribution >= 0.6 is 11.3 Å². The Morgan fingerprint density at radius 3 is 2.91 bits per heavy atom. The molecule has 23 heavy (non-hydrogen) atoms. The molecule has 0 spiro atoms. The summed E-state index contributed by atoms with van der Waals surface area (Å²) in [6.45, 7) is 0. The Bertz CT molecular complexity index is 837. The van der Waals surface area contributed by atoms with Crippen LogP contribution in [-0.2, 0) is 11.2 Å². The maximum absolute atomic E-state index is 12.1. The number of aromatic nitrogens is 2. The summed E-state index contributed by atoms with van der Waals surface area (Å²) in [6, 6.07) is 6.91. The number of thiazole rings is 1. The highest BCUT2D eigenvalue weighted by Crippen LogP contribution is 2.14. The molecule has 6 nitrogen and oxygen atoms in total. The molecule has 3 aromatic rings. The van der Waals surface area contributed by atoms with Gasteiger partial charge in [-0.15, -0.1) is 11.3 Å². The van der Waals surface area contributed by atoms with Crippen LogP contribution in [0.4, 0.5) is 5.69 Å². The molecule has 0 unspecified atom stereocenters. The van der Waals surface area contributed by atoms with Gasteiger partial charge in [0.1, 0.15) is 0 Å². The van der Waals surface area contributed by atoms with Gasteiger partial charge in [0.15, 0.2) is 4.96 Å². The molecule has 3 rings (SSSR count). The summed E-state index contributed by atoms with van der Waals surface area (Å²) in [6.07, 6.45) is 3.95. The number of hydrogen-bond acceptors (Lipinski definition) is 4. The van der Waals surface area contributed by atoms with E-state index >= 15 is 0 Å². The zero-order chi connectivity index (χ0) is 16.4. The minimum absolute atomic E-state index is 0.101. The first-order chi connectivity index (χ1) is 11.0. The highest BCUT2D eigenvalue weighted by atomic mass is 32.1. The third-order valence-electron chi connectivity index (χ3n) is 3.28. The van der Waals surface area contributed by atoms with Gasteiger partial charge in [0, 0.05) is 43.1 Å². The zero-order valence-corrected chi connectivity index (χ0v) is 13.6. The third kappa shape index (κ3) is 3.40. The van der Waals surface area contributed by atoms with Crippen molar-refractivity contribution in [1.29, 1.82) is 0 Å². The Balaban J connectivity index is 1.69. The van der Waals surface area contributed by atoms with Gasteiger partial charge in [-0.3, -0.25) is 14.0 Å². The van der Waals surface area contributed by atoms with E-state index in [4.69, 9.17) is 0 Å². The van der Waals surface area contributed by atoms with Gasteiger partial charge in [0.2, 0.25) is 5.91 Å². The molecule has 0 fully saturated rings. The van der Waals surface area contributed by atoms with Crippen LogP contribution in [0.15, 0.2) is 42.0 Å². The van der Waals surface area contributed by atoms with Gasteiger partial charge in [-0.2, -0.15) is 0 Å². The Hall–Kier alpha value is -2.67. The van der Waals surface area contributed by atoms with Gasteiger partial charge in [-0.25, -0.2) is 4.98 Å². The summed E-state index contributed by atoms with van der Waals surface area (Å²) in [5.41, 5.74) is 1.86. The number of benzene rings is 1. The molecule has 118 valence electrons. The van der Waals surface area contributed by atoms with E-state index in [1.54, 1.807) is 38.4 Å². The molecule has 1 N–H and O–H groups in total. The van der Waals surface area contributed by atoms with Crippen LogP contribution in [0.5, 0.6) is 0 Å². The van der Waals surface area contributed by atoms with Gasteiger partial charge < -0.3 is 10.2 Å². The first-order valence-electron chi connectivity index (χ1n) is 7.05. The van der Waals surface area contributed by atoms with Gasteiger partial charge >= 0.3 is 0 Å². The number of nitrogens with zero attached hydrogens (tertiary/aromatic N) is 3. The van der Waals surface area contributed by atoms with E-state index < -0.39 is 0 Å². The van der Waals surface area contributed by atoms with Gasteiger partial charge in [0.25, 0.3) is 5.91 Å². The summed E-state index contributed by atoms with van der Waals surface area (Å²) in [5, 5.41) is 4.75. The van der Waals surface area contributed by atoms with Crippen molar-refractivity contribution in [3.8, 4) is 0 Å². The summed E-state index contributed by atoms with van der Waals surface area (Å²) < 4.78 is 1.89. The van der Waals surface area contributed by atoms with Gasteiger partial charge in [0.05, 0.1) is 12.1 Å². The van der Waals surface area contributed by atoms with Crippen LogP contribution in [0, 0.1) is 0 Å². The molecule has 0 saturated heterocycles. The molecule has 0 bridgehead atoms. The fraction of sp³-hybridized carbons (Fsp3) is 0.188. The Labute approximate surface area is 137 Å². The van der Waals surface area contributed by atoms with Crippen molar-refractivity contribution in [2.24, 2.45) is 0 Å². The lowest BCUT2D eigenvalue weighted by Gasteiger charge is -2.11. The van der Waals surface area contributed by atoms with Crippen molar-refractivity contribution < 1.29 is 9.59 Å². The first kappa shape index (κ1) is 15.2. The lowest BCUT2D eigenvalue weighted by atomic mass is 10.1. The summed E-state index contributed by atoms with van der Waals surface area (Å²) >= 11 is 1.53. The predicted molar refractivity (Wildman–Crippen MR) is 89.9 cm³/mol. The van der Waals surface area contributed by atoms with E-state index in [0.29, 0.717) is 11.3 Å². The topological polar surface area (TPSA) is 66.7 Å². The number of imidazole rings is 1. The molecule has 0 aliphatic heterocycles. The SMILES string of the molecule is CN(C)C(=O)c1cccc(NC(=O)Cc2cn3ccsc3n2)c1. The number of hydrogen-bond donors (Lipinski definition) is 1. The quantitative estimate of drug-likeness (QED) is 0.799. The van der Waals surface area contributed by atoms with E-state index in [0.717, 1.165) is 10.7 Å². The standard InChI is InChI=1S/C16H16N4O2S/c1-19(2)15(22)11-4-3-5-12(8-11)17-14(21)9-13-10-20-6-7-23-16(20)18-13/h3-8,10H,9H2,1-2H3,(H,17,21). The molecule has 0 aliphatic rings. The van der Waals surface area contributed by atoms with E-state index in [-0.39, 0.29) is 18.2 Å². The molecule has 2 aromatic heterocycles. The molecule has 0 aliphatic carbocycles. The van der Waals surface area contributed by atoms with Crippen LogP contribution in [0.3, 0.4) is 0 Å². The summed E-state index contributed by atoms with van der Waals surface area (Å²) in [4.78, 5) is 30.8. The van der Waals surface area contributed by atoms with Crippen molar-refractivity contribution in [2.75, 3.05) is 19.4 Å². The highest BCUT2D eigenvalue weighted by Gasteiger charge is 2.11. The van der Waals surface area contributed by atoms with E-state index in [9.17, 15) is 9.59 Å². The first-order valence-corrected chi connectivity index (χ1v) is 7.93. The fourth-order valence-corrected chi connectivity index (χ4v) is 2.94. The minimum Gasteiger partial charge on any atom is -0.345 e. The molecule has 2 heterocycles. The smallest absolute Gasteiger partial charge is 0.253 e. The van der Waals surface area contributed by atoms with E-state index in [2.05, 4.69) is 10.3 Å². The number of carbonyl (C=O) groups is 2.